The fourth-order valence-corrected chi connectivity index (χ4v) is 2.40. The molecule has 0 aromatic heterocycles. The van der Waals surface area contributed by atoms with Crippen LogP contribution >= 0.6 is 0 Å². The average molecular weight is 248 g/mol. The Balaban J connectivity index is 1.95. The van der Waals surface area contributed by atoms with E-state index in [2.05, 4.69) is 22.8 Å². The minimum Gasteiger partial charge on any atom is -0.497 e. The van der Waals surface area contributed by atoms with Crippen molar-refractivity contribution < 1.29 is 9.53 Å². The lowest BCUT2D eigenvalue weighted by Crippen LogP contribution is -2.26. The third-order valence-electron chi connectivity index (χ3n) is 3.45. The molecular formula is C14H20N2O2. The number of aryl methyl sites for hydroxylation is 1. The van der Waals surface area contributed by atoms with Crippen LogP contribution in [0.25, 0.3) is 0 Å². The van der Waals surface area contributed by atoms with Gasteiger partial charge in [0.15, 0.2) is 0 Å². The number of fused-ring (bicyclic) bond motifs is 1. The Labute approximate surface area is 108 Å². The summed E-state index contributed by atoms with van der Waals surface area (Å²) in [7, 11) is 3.35. The molecule has 1 unspecified atom stereocenters. The molecule has 0 spiro atoms. The lowest BCUT2D eigenvalue weighted by Gasteiger charge is -2.14. The van der Waals surface area contributed by atoms with Crippen molar-refractivity contribution in [2.45, 2.75) is 25.3 Å². The molecule has 2 N–H and O–H groups in total. The highest BCUT2D eigenvalue weighted by atomic mass is 16.5. The normalized spacial score (nSPS) is 17.3. The van der Waals surface area contributed by atoms with Gasteiger partial charge in [-0.15, -0.1) is 0 Å². The van der Waals surface area contributed by atoms with Crippen molar-refractivity contribution in [1.29, 1.82) is 0 Å². The molecule has 1 aliphatic rings. The van der Waals surface area contributed by atoms with E-state index in [1.807, 2.05) is 6.07 Å². The maximum atomic E-state index is 11.2. The molecule has 4 nitrogen and oxygen atoms in total. The molecule has 0 saturated heterocycles. The van der Waals surface area contributed by atoms with E-state index >= 15 is 0 Å². The highest BCUT2D eigenvalue weighted by Gasteiger charge is 2.22. The monoisotopic (exact) mass is 248 g/mol. The highest BCUT2D eigenvalue weighted by molar-refractivity contribution is 5.75. The number of nitrogens with one attached hydrogen (secondary N) is 2. The third-order valence-corrected chi connectivity index (χ3v) is 3.45. The van der Waals surface area contributed by atoms with Crippen LogP contribution in [0.15, 0.2) is 18.2 Å². The summed E-state index contributed by atoms with van der Waals surface area (Å²) in [6, 6.07) is 6.58. The van der Waals surface area contributed by atoms with Gasteiger partial charge < -0.3 is 15.4 Å². The summed E-state index contributed by atoms with van der Waals surface area (Å²) < 4.78 is 5.26. The van der Waals surface area contributed by atoms with Crippen LogP contribution in [-0.4, -0.2) is 26.6 Å². The zero-order chi connectivity index (χ0) is 13.0. The molecule has 1 aliphatic carbocycles. The first-order valence-corrected chi connectivity index (χ1v) is 6.35. The second kappa shape index (κ2) is 5.87. The minimum absolute atomic E-state index is 0.0753. The van der Waals surface area contributed by atoms with Crippen molar-refractivity contribution in [3.05, 3.63) is 29.3 Å². The van der Waals surface area contributed by atoms with Gasteiger partial charge in [0.1, 0.15) is 5.75 Å². The van der Waals surface area contributed by atoms with Gasteiger partial charge in [-0.1, -0.05) is 6.07 Å². The van der Waals surface area contributed by atoms with Crippen molar-refractivity contribution in [1.82, 2.24) is 10.6 Å². The smallest absolute Gasteiger partial charge is 0.221 e. The molecule has 0 aliphatic heterocycles. The van der Waals surface area contributed by atoms with Crippen LogP contribution < -0.4 is 15.4 Å². The molecule has 0 fully saturated rings. The third kappa shape index (κ3) is 2.82. The fraction of sp³-hybridized carbons (Fsp3) is 0.500. The molecule has 2 rings (SSSR count). The Bertz CT molecular complexity index is 432. The second-order valence-corrected chi connectivity index (χ2v) is 4.53. The Morgan fingerprint density at radius 3 is 3.06 bits per heavy atom. The SMILES string of the molecule is CNC(=O)CCNC1CCc2ccc(OC)cc21. The highest BCUT2D eigenvalue weighted by Crippen LogP contribution is 2.33. The lowest BCUT2D eigenvalue weighted by molar-refractivity contribution is -0.120. The zero-order valence-corrected chi connectivity index (χ0v) is 11.0. The molecular weight excluding hydrogens is 228 g/mol. The van der Waals surface area contributed by atoms with Gasteiger partial charge in [0.2, 0.25) is 5.91 Å². The summed E-state index contributed by atoms with van der Waals surface area (Å²) in [5.74, 6) is 0.972. The van der Waals surface area contributed by atoms with Crippen LogP contribution in [-0.2, 0) is 11.2 Å². The molecule has 1 atom stereocenters. The maximum Gasteiger partial charge on any atom is 0.221 e. The van der Waals surface area contributed by atoms with Gasteiger partial charge in [0.05, 0.1) is 7.11 Å². The van der Waals surface area contributed by atoms with Gasteiger partial charge in [0, 0.05) is 26.1 Å². The molecule has 1 aromatic carbocycles. The summed E-state index contributed by atoms with van der Waals surface area (Å²) in [6.45, 7) is 0.709. The molecule has 98 valence electrons. The molecule has 1 amide bonds. The summed E-state index contributed by atoms with van der Waals surface area (Å²) in [5, 5.41) is 6.07. The molecule has 4 heteroatoms. The van der Waals surface area contributed by atoms with Crippen LogP contribution in [0.4, 0.5) is 0 Å². The quantitative estimate of drug-likeness (QED) is 0.828. The standard InChI is InChI=1S/C14H20N2O2/c1-15-14(17)7-8-16-13-6-4-10-3-5-11(18-2)9-12(10)13/h3,5,9,13,16H,4,6-8H2,1-2H3,(H,15,17). The van der Waals surface area contributed by atoms with E-state index in [1.54, 1.807) is 14.2 Å². The number of hydrogen-bond acceptors (Lipinski definition) is 3. The van der Waals surface area contributed by atoms with Crippen LogP contribution in [0.2, 0.25) is 0 Å². The van der Waals surface area contributed by atoms with Crippen molar-refractivity contribution in [2.75, 3.05) is 20.7 Å². The number of rotatable bonds is 5. The first-order valence-electron chi connectivity index (χ1n) is 6.35. The number of benzene rings is 1. The molecule has 0 bridgehead atoms. The van der Waals surface area contributed by atoms with Gasteiger partial charge in [0.25, 0.3) is 0 Å². The van der Waals surface area contributed by atoms with Gasteiger partial charge >= 0.3 is 0 Å². The molecule has 18 heavy (non-hydrogen) atoms. The summed E-state index contributed by atoms with van der Waals surface area (Å²) >= 11 is 0. The number of hydrogen-bond donors (Lipinski definition) is 2. The second-order valence-electron chi connectivity index (χ2n) is 4.53. The number of methoxy groups -OCH3 is 1. The van der Waals surface area contributed by atoms with Gasteiger partial charge in [-0.05, 0) is 36.1 Å². The van der Waals surface area contributed by atoms with E-state index in [1.165, 1.54) is 11.1 Å². The van der Waals surface area contributed by atoms with Crippen LogP contribution in [0.3, 0.4) is 0 Å². The summed E-state index contributed by atoms with van der Waals surface area (Å²) in [6.07, 6.45) is 2.71. The predicted molar refractivity (Wildman–Crippen MR) is 70.7 cm³/mol. The predicted octanol–water partition coefficient (Wildman–Crippen LogP) is 1.41. The Morgan fingerprint density at radius 2 is 2.33 bits per heavy atom. The van der Waals surface area contributed by atoms with Crippen molar-refractivity contribution in [3.8, 4) is 5.75 Å². The number of ether oxygens (including phenoxy) is 1. The molecule has 0 heterocycles. The molecule has 0 saturated carbocycles. The van der Waals surface area contributed by atoms with Gasteiger partial charge in [-0.3, -0.25) is 4.79 Å². The maximum absolute atomic E-state index is 11.2. The Morgan fingerprint density at radius 1 is 1.50 bits per heavy atom. The van der Waals surface area contributed by atoms with Crippen molar-refractivity contribution in [3.63, 3.8) is 0 Å². The van der Waals surface area contributed by atoms with Crippen molar-refractivity contribution >= 4 is 5.91 Å². The summed E-state index contributed by atoms with van der Waals surface area (Å²) in [4.78, 5) is 11.2. The topological polar surface area (TPSA) is 50.4 Å². The number of amides is 1. The Hall–Kier alpha value is -1.55. The first-order chi connectivity index (χ1) is 8.74. The minimum atomic E-state index is 0.0753. The fourth-order valence-electron chi connectivity index (χ4n) is 2.40. The zero-order valence-electron chi connectivity index (χ0n) is 11.0. The van der Waals surface area contributed by atoms with E-state index < -0.39 is 0 Å². The number of carbonyl (C=O) groups is 1. The van der Waals surface area contributed by atoms with E-state index in [4.69, 9.17) is 4.74 Å². The first kappa shape index (κ1) is 12.9. The van der Waals surface area contributed by atoms with Gasteiger partial charge in [-0.25, -0.2) is 0 Å². The summed E-state index contributed by atoms with van der Waals surface area (Å²) in [5.41, 5.74) is 2.69. The van der Waals surface area contributed by atoms with E-state index in [9.17, 15) is 4.79 Å². The van der Waals surface area contributed by atoms with Crippen LogP contribution in [0.5, 0.6) is 5.75 Å². The largest absolute Gasteiger partial charge is 0.497 e. The molecule has 0 radical (unpaired) electrons. The van der Waals surface area contributed by atoms with Crippen molar-refractivity contribution in [2.24, 2.45) is 0 Å². The van der Waals surface area contributed by atoms with E-state index in [0.717, 1.165) is 18.6 Å². The van der Waals surface area contributed by atoms with Gasteiger partial charge in [-0.2, -0.15) is 0 Å². The lowest BCUT2D eigenvalue weighted by atomic mass is 10.1. The number of carbonyl (C=O) groups excluding carboxylic acids is 1. The molecule has 1 aromatic rings. The average Bonchev–Trinajstić information content (AvgIpc) is 2.81. The van der Waals surface area contributed by atoms with Crippen LogP contribution in [0.1, 0.15) is 30.0 Å². The van der Waals surface area contributed by atoms with E-state index in [0.29, 0.717) is 19.0 Å². The Kier molecular flexibility index (Phi) is 4.20. The van der Waals surface area contributed by atoms with Crippen LogP contribution in [0, 0.1) is 0 Å². The van der Waals surface area contributed by atoms with E-state index in [-0.39, 0.29) is 5.91 Å².